The molecule has 0 spiro atoms. The molecule has 0 rings (SSSR count). The topological polar surface area (TPSA) is 0 Å². The molecule has 0 radical (unpaired) electrons. The normalized spacial score (nSPS) is 11.5. The molecule has 0 amide bonds. The first-order valence-corrected chi connectivity index (χ1v) is 11.6. The highest BCUT2D eigenvalue weighted by molar-refractivity contribution is 4.53. The van der Waals surface area contributed by atoms with Crippen molar-refractivity contribution in [2.45, 2.75) is 124 Å². The van der Waals surface area contributed by atoms with Crippen LogP contribution >= 0.6 is 0 Å². The Morgan fingerprint density at radius 1 is 0.360 bits per heavy atom. The van der Waals surface area contributed by atoms with E-state index in [-0.39, 0.29) is 24.0 Å². The summed E-state index contributed by atoms with van der Waals surface area (Å²) in [4.78, 5) is 0. The highest BCUT2D eigenvalue weighted by Crippen LogP contribution is 2.19. The maximum absolute atomic E-state index is 2.35. The fraction of sp³-hybridized carbons (Fsp3) is 1.00. The summed E-state index contributed by atoms with van der Waals surface area (Å²) in [6.07, 6.45) is 21.4. The van der Waals surface area contributed by atoms with E-state index in [9.17, 15) is 0 Å². The van der Waals surface area contributed by atoms with Crippen LogP contribution in [-0.4, -0.2) is 30.7 Å². The van der Waals surface area contributed by atoms with Gasteiger partial charge in [-0.3, -0.25) is 0 Å². The summed E-state index contributed by atoms with van der Waals surface area (Å²) >= 11 is 0. The quantitative estimate of drug-likeness (QED) is 0.146. The summed E-state index contributed by atoms with van der Waals surface area (Å²) in [5, 5.41) is 0. The zero-order chi connectivity index (χ0) is 17.9. The number of hydrogen-bond donors (Lipinski definition) is 0. The maximum Gasteiger partial charge on any atom is 0.0786 e. The minimum Gasteiger partial charge on any atom is -1.00 e. The molecule has 0 aromatic rings. The van der Waals surface area contributed by atoms with E-state index in [2.05, 4.69) is 27.7 Å². The predicted molar refractivity (Wildman–Crippen MR) is 112 cm³/mol. The van der Waals surface area contributed by atoms with Crippen molar-refractivity contribution in [1.82, 2.24) is 0 Å². The Labute approximate surface area is 178 Å². The van der Waals surface area contributed by atoms with Gasteiger partial charge in [-0.2, -0.15) is 0 Å². The Balaban J connectivity index is 0. The van der Waals surface area contributed by atoms with Crippen LogP contribution in [0.4, 0.5) is 0 Å². The van der Waals surface area contributed by atoms with Gasteiger partial charge in [0.1, 0.15) is 0 Å². The van der Waals surface area contributed by atoms with Gasteiger partial charge in [0.15, 0.2) is 0 Å². The highest BCUT2D eigenvalue weighted by Gasteiger charge is 2.25. The van der Waals surface area contributed by atoms with Crippen LogP contribution in [0, 0.1) is 0 Å². The Bertz CT molecular complexity index is 211. The third kappa shape index (κ3) is 16.6. The van der Waals surface area contributed by atoms with Crippen LogP contribution in [0.25, 0.3) is 0 Å². The predicted octanol–water partition coefficient (Wildman–Crippen LogP) is 4.74. The molecule has 0 aliphatic rings. The van der Waals surface area contributed by atoms with Crippen LogP contribution in [0.2, 0.25) is 0 Å². The summed E-state index contributed by atoms with van der Waals surface area (Å²) in [7, 11) is 0. The number of halogens is 1. The Morgan fingerprint density at radius 3 is 0.880 bits per heavy atom. The van der Waals surface area contributed by atoms with Crippen molar-refractivity contribution < 1.29 is 28.5 Å². The molecule has 154 valence electrons. The maximum atomic E-state index is 2.35. The monoisotopic (exact) mass is 467 g/mol. The third-order valence-corrected chi connectivity index (χ3v) is 5.69. The van der Waals surface area contributed by atoms with Gasteiger partial charge < -0.3 is 28.5 Å². The number of rotatable bonds is 19. The van der Waals surface area contributed by atoms with E-state index in [0.29, 0.717) is 0 Å². The average molecular weight is 468 g/mol. The van der Waals surface area contributed by atoms with E-state index in [1.54, 1.807) is 0 Å². The van der Waals surface area contributed by atoms with Gasteiger partial charge in [0.05, 0.1) is 26.2 Å². The Hall–Kier alpha value is 0.690. The first-order chi connectivity index (χ1) is 11.7. The minimum atomic E-state index is 0. The zero-order valence-corrected chi connectivity index (χ0v) is 20.4. The molecule has 1 nitrogen and oxygen atoms in total. The van der Waals surface area contributed by atoms with Crippen LogP contribution < -0.4 is 24.0 Å². The van der Waals surface area contributed by atoms with Crippen LogP contribution in [0.15, 0.2) is 0 Å². The molecule has 0 fully saturated rings. The average Bonchev–Trinajstić information content (AvgIpc) is 2.60. The SMILES string of the molecule is CCCCCC[N+](CCCCC)(CCCCCC)CCCCCC.[I-]. The molecule has 0 unspecified atom stereocenters. The van der Waals surface area contributed by atoms with Crippen molar-refractivity contribution in [2.24, 2.45) is 0 Å². The molecule has 0 aliphatic heterocycles. The summed E-state index contributed by atoms with van der Waals surface area (Å²) in [5.74, 6) is 0. The van der Waals surface area contributed by atoms with E-state index in [1.807, 2.05) is 0 Å². The van der Waals surface area contributed by atoms with Crippen LogP contribution in [0.1, 0.15) is 124 Å². The smallest absolute Gasteiger partial charge is 0.0786 e. The molecule has 0 heterocycles. The number of hydrogen-bond acceptors (Lipinski definition) is 0. The van der Waals surface area contributed by atoms with Crippen molar-refractivity contribution in [2.75, 3.05) is 26.2 Å². The molecule has 25 heavy (non-hydrogen) atoms. The summed E-state index contributed by atoms with van der Waals surface area (Å²) < 4.78 is 1.46. The van der Waals surface area contributed by atoms with E-state index in [1.165, 1.54) is 127 Å². The number of quaternary nitrogens is 1. The lowest BCUT2D eigenvalue weighted by molar-refractivity contribution is -0.929. The van der Waals surface area contributed by atoms with Crippen molar-refractivity contribution in [3.8, 4) is 0 Å². The molecule has 2 heteroatoms. The van der Waals surface area contributed by atoms with Crippen molar-refractivity contribution in [3.63, 3.8) is 0 Å². The highest BCUT2D eigenvalue weighted by atomic mass is 127. The lowest BCUT2D eigenvalue weighted by Gasteiger charge is -2.39. The first-order valence-electron chi connectivity index (χ1n) is 11.6. The van der Waals surface area contributed by atoms with Crippen molar-refractivity contribution in [3.05, 3.63) is 0 Å². The molecule has 0 aromatic heterocycles. The largest absolute Gasteiger partial charge is 1.00 e. The summed E-state index contributed by atoms with van der Waals surface area (Å²) in [6.45, 7) is 15.2. The molecular weight excluding hydrogens is 417 g/mol. The van der Waals surface area contributed by atoms with E-state index < -0.39 is 0 Å². The Kier molecular flexibility index (Phi) is 23.4. The van der Waals surface area contributed by atoms with Gasteiger partial charge in [0, 0.05) is 0 Å². The molecular formula is C23H50IN. The Morgan fingerprint density at radius 2 is 0.600 bits per heavy atom. The van der Waals surface area contributed by atoms with Gasteiger partial charge in [-0.1, -0.05) is 72.6 Å². The van der Waals surface area contributed by atoms with Gasteiger partial charge in [0.2, 0.25) is 0 Å². The van der Waals surface area contributed by atoms with Gasteiger partial charge in [0.25, 0.3) is 0 Å². The molecule has 0 saturated carbocycles. The third-order valence-electron chi connectivity index (χ3n) is 5.69. The van der Waals surface area contributed by atoms with Crippen molar-refractivity contribution >= 4 is 0 Å². The van der Waals surface area contributed by atoms with Gasteiger partial charge >= 0.3 is 0 Å². The summed E-state index contributed by atoms with van der Waals surface area (Å²) in [5.41, 5.74) is 0. The molecule has 0 aromatic carbocycles. The standard InChI is InChI=1S/C23H50N.HI/c1-5-9-13-17-21-24(20-16-12-8-4,22-18-14-10-6-2)23-19-15-11-7-3;/h5-23H2,1-4H3;1H/q+1;/p-1. The molecule has 0 bridgehead atoms. The van der Waals surface area contributed by atoms with Gasteiger partial charge in [-0.25, -0.2) is 0 Å². The lowest BCUT2D eigenvalue weighted by atomic mass is 10.1. The lowest BCUT2D eigenvalue weighted by Crippen LogP contribution is -3.00. The summed E-state index contributed by atoms with van der Waals surface area (Å²) in [6, 6.07) is 0. The second kappa shape index (κ2) is 21.0. The van der Waals surface area contributed by atoms with Crippen LogP contribution in [0.3, 0.4) is 0 Å². The van der Waals surface area contributed by atoms with Crippen LogP contribution in [-0.2, 0) is 0 Å². The molecule has 0 aliphatic carbocycles. The van der Waals surface area contributed by atoms with Gasteiger partial charge in [-0.15, -0.1) is 0 Å². The van der Waals surface area contributed by atoms with E-state index >= 15 is 0 Å². The molecule has 0 N–H and O–H groups in total. The molecule has 0 saturated heterocycles. The number of unbranched alkanes of at least 4 members (excludes halogenated alkanes) is 11. The fourth-order valence-electron chi connectivity index (χ4n) is 3.99. The van der Waals surface area contributed by atoms with E-state index in [0.717, 1.165) is 0 Å². The fourth-order valence-corrected chi connectivity index (χ4v) is 3.99. The van der Waals surface area contributed by atoms with Gasteiger partial charge in [-0.05, 0) is 51.4 Å². The van der Waals surface area contributed by atoms with Crippen LogP contribution in [0.5, 0.6) is 0 Å². The zero-order valence-electron chi connectivity index (χ0n) is 18.3. The van der Waals surface area contributed by atoms with E-state index in [4.69, 9.17) is 0 Å². The molecule has 0 atom stereocenters. The number of nitrogens with zero attached hydrogens (tertiary/aromatic N) is 1. The second-order valence-corrected chi connectivity index (χ2v) is 8.13. The van der Waals surface area contributed by atoms with Crippen molar-refractivity contribution in [1.29, 1.82) is 0 Å². The second-order valence-electron chi connectivity index (χ2n) is 8.13. The minimum absolute atomic E-state index is 0. The first kappa shape index (κ1) is 27.9.